The number of anilines is 1. The molecule has 1 amide bonds. The quantitative estimate of drug-likeness (QED) is 0.352. The molecule has 1 aromatic heterocycles. The van der Waals surface area contributed by atoms with Crippen LogP contribution in [0.3, 0.4) is 0 Å². The third-order valence-corrected chi connectivity index (χ3v) is 10.3. The van der Waals surface area contributed by atoms with Crippen molar-refractivity contribution in [2.24, 2.45) is 0 Å². The van der Waals surface area contributed by atoms with Gasteiger partial charge in [-0.05, 0) is 74.8 Å². The Kier molecular flexibility index (Phi) is 8.75. The molecule has 1 fully saturated rings. The van der Waals surface area contributed by atoms with Crippen LogP contribution >= 0.6 is 22.9 Å². The normalized spacial score (nSPS) is 16.5. The zero-order valence-corrected chi connectivity index (χ0v) is 24.0. The number of carbonyl (C=O) groups excluding carboxylic acids is 1. The predicted molar refractivity (Wildman–Crippen MR) is 149 cm³/mol. The zero-order valence-electron chi connectivity index (χ0n) is 21.6. The van der Waals surface area contributed by atoms with Crippen LogP contribution in [0.1, 0.15) is 32.3 Å². The van der Waals surface area contributed by atoms with Crippen molar-refractivity contribution in [1.82, 2.24) is 14.2 Å². The van der Waals surface area contributed by atoms with Gasteiger partial charge in [0, 0.05) is 24.7 Å². The highest BCUT2D eigenvalue weighted by Gasteiger charge is 2.42. The Balaban J connectivity index is 1.68. The topological polar surface area (TPSA) is 83.0 Å². The second kappa shape index (κ2) is 11.7. The smallest absolute Gasteiger partial charge is 0.247 e. The molecule has 0 spiro atoms. The zero-order chi connectivity index (χ0) is 26.7. The summed E-state index contributed by atoms with van der Waals surface area (Å²) in [6.45, 7) is 9.16. The minimum Gasteiger partial charge on any atom is -0.497 e. The minimum atomic E-state index is -3.87. The van der Waals surface area contributed by atoms with Gasteiger partial charge in [-0.1, -0.05) is 36.8 Å². The molecule has 1 unspecified atom stereocenters. The molecule has 3 aromatic rings. The van der Waals surface area contributed by atoms with E-state index in [9.17, 15) is 13.2 Å². The lowest BCUT2D eigenvalue weighted by molar-refractivity contribution is -0.121. The number of aryl methyl sites for hydroxylation is 1. The number of likely N-dealkylation sites (N-methyl/N-ethyl adjacent to an activating group) is 1. The van der Waals surface area contributed by atoms with Crippen LogP contribution in [-0.4, -0.2) is 74.4 Å². The average Bonchev–Trinajstić information content (AvgIpc) is 3.57. The maximum Gasteiger partial charge on any atom is 0.247 e. The van der Waals surface area contributed by atoms with Crippen molar-refractivity contribution >= 4 is 54.2 Å². The standard InChI is InChI=1S/C26H33ClN4O4S2/c1-5-29(6-2)16-17-30(26-28-24-18(3)21(27)13-14-23(24)36-26)25(32)22-8-7-15-31(22)37(33,34)20-11-9-19(35-4)10-12-20/h9-14,22H,5-8,15-17H2,1-4H3. The third kappa shape index (κ3) is 5.63. The molecular formula is C26H33ClN4O4S2. The van der Waals surface area contributed by atoms with Crippen molar-refractivity contribution in [2.75, 3.05) is 44.7 Å². The number of benzene rings is 2. The highest BCUT2D eigenvalue weighted by Crippen LogP contribution is 2.35. The van der Waals surface area contributed by atoms with Gasteiger partial charge in [0.05, 0.1) is 22.2 Å². The number of nitrogens with zero attached hydrogens (tertiary/aromatic N) is 4. The Bertz CT molecular complexity index is 1360. The van der Waals surface area contributed by atoms with Gasteiger partial charge < -0.3 is 9.64 Å². The number of hydrogen-bond acceptors (Lipinski definition) is 7. The number of aromatic nitrogens is 1. The molecule has 0 aliphatic carbocycles. The number of methoxy groups -OCH3 is 1. The summed E-state index contributed by atoms with van der Waals surface area (Å²) in [6, 6.07) is 9.23. The molecule has 0 bridgehead atoms. The summed E-state index contributed by atoms with van der Waals surface area (Å²) in [5, 5.41) is 1.18. The molecule has 1 aliphatic rings. The summed E-state index contributed by atoms with van der Waals surface area (Å²) in [5.41, 5.74) is 1.63. The van der Waals surface area contributed by atoms with E-state index < -0.39 is 16.1 Å². The first kappa shape index (κ1) is 27.8. The number of fused-ring (bicyclic) bond motifs is 1. The maximum absolute atomic E-state index is 14.1. The fourth-order valence-corrected chi connectivity index (χ4v) is 7.48. The van der Waals surface area contributed by atoms with Crippen molar-refractivity contribution in [3.8, 4) is 5.75 Å². The highest BCUT2D eigenvalue weighted by molar-refractivity contribution is 7.89. The van der Waals surface area contributed by atoms with E-state index in [1.165, 1.54) is 34.9 Å². The summed E-state index contributed by atoms with van der Waals surface area (Å²) in [5.74, 6) is 0.325. The van der Waals surface area contributed by atoms with Gasteiger partial charge in [0.1, 0.15) is 11.8 Å². The molecule has 0 radical (unpaired) electrons. The Morgan fingerprint density at radius 1 is 1.16 bits per heavy atom. The fourth-order valence-electron chi connectivity index (χ4n) is 4.62. The largest absolute Gasteiger partial charge is 0.497 e. The molecule has 0 saturated carbocycles. The molecule has 2 heterocycles. The van der Waals surface area contributed by atoms with E-state index in [2.05, 4.69) is 18.7 Å². The number of rotatable bonds is 10. The number of halogens is 1. The van der Waals surface area contributed by atoms with Gasteiger partial charge in [-0.2, -0.15) is 4.31 Å². The lowest BCUT2D eigenvalue weighted by Crippen LogP contribution is -2.49. The van der Waals surface area contributed by atoms with Crippen molar-refractivity contribution in [3.05, 3.63) is 47.0 Å². The molecule has 1 saturated heterocycles. The van der Waals surface area contributed by atoms with E-state index in [4.69, 9.17) is 21.3 Å². The van der Waals surface area contributed by atoms with Crippen molar-refractivity contribution < 1.29 is 17.9 Å². The van der Waals surface area contributed by atoms with E-state index in [1.807, 2.05) is 19.1 Å². The monoisotopic (exact) mass is 564 g/mol. The SMILES string of the molecule is CCN(CC)CCN(C(=O)C1CCCN1S(=O)(=O)c1ccc(OC)cc1)c1nc2c(C)c(Cl)ccc2s1. The number of ether oxygens (including phenoxy) is 1. The van der Waals surface area contributed by atoms with Gasteiger partial charge in [0.25, 0.3) is 0 Å². The van der Waals surface area contributed by atoms with E-state index in [1.54, 1.807) is 17.0 Å². The molecule has 1 atom stereocenters. The number of carbonyl (C=O) groups is 1. The second-order valence-corrected chi connectivity index (χ2v) is 12.3. The lowest BCUT2D eigenvalue weighted by Gasteiger charge is -2.30. The maximum atomic E-state index is 14.1. The molecule has 37 heavy (non-hydrogen) atoms. The van der Waals surface area contributed by atoms with Crippen LogP contribution in [0.25, 0.3) is 10.2 Å². The van der Waals surface area contributed by atoms with Crippen LogP contribution < -0.4 is 9.64 Å². The molecule has 2 aromatic carbocycles. The minimum absolute atomic E-state index is 0.146. The van der Waals surface area contributed by atoms with E-state index in [-0.39, 0.29) is 10.8 Å². The summed E-state index contributed by atoms with van der Waals surface area (Å²) in [6.07, 6.45) is 1.08. The molecule has 11 heteroatoms. The van der Waals surface area contributed by atoms with Gasteiger partial charge in [-0.3, -0.25) is 9.69 Å². The number of amides is 1. The molecule has 0 N–H and O–H groups in total. The second-order valence-electron chi connectivity index (χ2n) is 8.98. The molecule has 1 aliphatic heterocycles. The molecule has 8 nitrogen and oxygen atoms in total. The van der Waals surface area contributed by atoms with Gasteiger partial charge in [0.2, 0.25) is 15.9 Å². The third-order valence-electron chi connectivity index (χ3n) is 6.92. The van der Waals surface area contributed by atoms with Crippen molar-refractivity contribution in [2.45, 2.75) is 44.6 Å². The van der Waals surface area contributed by atoms with Crippen LogP contribution in [0.5, 0.6) is 5.75 Å². The summed E-state index contributed by atoms with van der Waals surface area (Å²) in [7, 11) is -2.34. The van der Waals surface area contributed by atoms with E-state index in [0.29, 0.717) is 48.4 Å². The molecular weight excluding hydrogens is 532 g/mol. The summed E-state index contributed by atoms with van der Waals surface area (Å²) >= 11 is 7.75. The Labute approximate surface area is 227 Å². The Hall–Kier alpha value is -2.24. The van der Waals surface area contributed by atoms with Gasteiger partial charge >= 0.3 is 0 Å². The average molecular weight is 565 g/mol. The Morgan fingerprint density at radius 3 is 2.51 bits per heavy atom. The fraction of sp³-hybridized carbons (Fsp3) is 0.462. The predicted octanol–water partition coefficient (Wildman–Crippen LogP) is 4.79. The summed E-state index contributed by atoms with van der Waals surface area (Å²) < 4.78 is 34.6. The highest BCUT2D eigenvalue weighted by atomic mass is 35.5. The first-order chi connectivity index (χ1) is 17.7. The van der Waals surface area contributed by atoms with Crippen LogP contribution in [0, 0.1) is 6.92 Å². The van der Waals surface area contributed by atoms with Gasteiger partial charge in [-0.25, -0.2) is 13.4 Å². The van der Waals surface area contributed by atoms with E-state index >= 15 is 0 Å². The van der Waals surface area contributed by atoms with Gasteiger partial charge in [0.15, 0.2) is 5.13 Å². The first-order valence-electron chi connectivity index (χ1n) is 12.5. The van der Waals surface area contributed by atoms with Crippen LogP contribution in [0.2, 0.25) is 5.02 Å². The van der Waals surface area contributed by atoms with Crippen molar-refractivity contribution in [1.29, 1.82) is 0 Å². The summed E-state index contributed by atoms with van der Waals surface area (Å²) in [4.78, 5) is 22.9. The number of sulfonamides is 1. The lowest BCUT2D eigenvalue weighted by atomic mass is 10.2. The van der Waals surface area contributed by atoms with Gasteiger partial charge in [-0.15, -0.1) is 0 Å². The van der Waals surface area contributed by atoms with Crippen LogP contribution in [0.15, 0.2) is 41.3 Å². The first-order valence-corrected chi connectivity index (χ1v) is 15.1. The molecule has 200 valence electrons. The van der Waals surface area contributed by atoms with Crippen LogP contribution in [0.4, 0.5) is 5.13 Å². The number of hydrogen-bond donors (Lipinski definition) is 0. The van der Waals surface area contributed by atoms with Crippen molar-refractivity contribution in [3.63, 3.8) is 0 Å². The number of thiazole rings is 1. The molecule has 4 rings (SSSR count). The van der Waals surface area contributed by atoms with Crippen LogP contribution in [-0.2, 0) is 14.8 Å². The Morgan fingerprint density at radius 2 is 1.86 bits per heavy atom. The van der Waals surface area contributed by atoms with E-state index in [0.717, 1.165) is 28.9 Å².